The molecule has 2 amide bonds. The first-order chi connectivity index (χ1) is 7.45. The van der Waals surface area contributed by atoms with E-state index in [0.29, 0.717) is 12.0 Å². The third-order valence-electron chi connectivity index (χ3n) is 2.43. The first-order valence-electron chi connectivity index (χ1n) is 4.45. The highest BCUT2D eigenvalue weighted by Crippen LogP contribution is 2.26. The average Bonchev–Trinajstić information content (AvgIpc) is 2.27. The Hall–Kier alpha value is -2.13. The number of hydrogen-bond donors (Lipinski definition) is 1. The maximum absolute atomic E-state index is 11.8. The summed E-state index contributed by atoms with van der Waals surface area (Å²) in [6, 6.07) is 1.74. The van der Waals surface area contributed by atoms with Crippen LogP contribution in [0.3, 0.4) is 0 Å². The number of amides is 2. The molecule has 6 nitrogen and oxygen atoms in total. The van der Waals surface area contributed by atoms with Crippen LogP contribution in [0.5, 0.6) is 0 Å². The van der Waals surface area contributed by atoms with Gasteiger partial charge < -0.3 is 5.11 Å². The van der Waals surface area contributed by atoms with Gasteiger partial charge in [0.25, 0.3) is 5.91 Å². The van der Waals surface area contributed by atoms with Crippen molar-refractivity contribution in [2.75, 3.05) is 7.05 Å². The van der Waals surface area contributed by atoms with Gasteiger partial charge in [-0.05, 0) is 12.5 Å². The molecule has 84 valence electrons. The molecule has 1 atom stereocenters. The van der Waals surface area contributed by atoms with Crippen LogP contribution in [0.25, 0.3) is 0 Å². The van der Waals surface area contributed by atoms with E-state index in [1.165, 1.54) is 14.0 Å². The van der Waals surface area contributed by atoms with Crippen LogP contribution in [-0.4, -0.2) is 40.7 Å². The van der Waals surface area contributed by atoms with Gasteiger partial charge in [0.15, 0.2) is 6.23 Å². The Bertz CT molecular complexity index is 433. The lowest BCUT2D eigenvalue weighted by atomic mass is 9.97. The highest BCUT2D eigenvalue weighted by molar-refractivity contribution is 6.00. The van der Waals surface area contributed by atoms with Gasteiger partial charge in [-0.15, -0.1) is 0 Å². The molecule has 0 bridgehead atoms. The normalized spacial score (nSPS) is 20.9. The molecule has 0 aliphatic carbocycles. The Labute approximate surface area is 92.6 Å². The van der Waals surface area contributed by atoms with Crippen LogP contribution in [-0.2, 0) is 9.59 Å². The molecule has 1 aliphatic heterocycles. The summed E-state index contributed by atoms with van der Waals surface area (Å²) in [5.41, 5.74) is 0.449. The zero-order valence-corrected chi connectivity index (χ0v) is 8.97. The first kappa shape index (κ1) is 11.9. The fourth-order valence-corrected chi connectivity index (χ4v) is 1.39. The molecule has 16 heavy (non-hydrogen) atoms. The Morgan fingerprint density at radius 3 is 2.69 bits per heavy atom. The van der Waals surface area contributed by atoms with Crippen LogP contribution in [0.2, 0.25) is 0 Å². The third-order valence-corrected chi connectivity index (χ3v) is 2.43. The molecule has 1 N–H and O–H groups in total. The quantitative estimate of drug-likeness (QED) is 0.640. The smallest absolute Gasteiger partial charge is 0.286 e. The van der Waals surface area contributed by atoms with Crippen molar-refractivity contribution in [3.63, 3.8) is 0 Å². The van der Waals surface area contributed by atoms with E-state index in [0.717, 1.165) is 10.0 Å². The van der Waals surface area contributed by atoms with Crippen LogP contribution in [0.15, 0.2) is 23.3 Å². The fraction of sp³-hybridized carbons (Fsp3) is 0.300. The molecule has 1 heterocycles. The molecular formula is C10H11N3O3. The molecule has 0 aromatic rings. The number of aliphatic hydroxyl groups is 1. The summed E-state index contributed by atoms with van der Waals surface area (Å²) >= 11 is 0. The fourth-order valence-electron chi connectivity index (χ4n) is 1.39. The van der Waals surface area contributed by atoms with Gasteiger partial charge in [0.1, 0.15) is 11.6 Å². The highest BCUT2D eigenvalue weighted by Gasteiger charge is 2.36. The number of hydrogen-bond acceptors (Lipinski definition) is 4. The minimum atomic E-state index is -1.32. The minimum Gasteiger partial charge on any atom is -0.368 e. The van der Waals surface area contributed by atoms with Gasteiger partial charge in [-0.25, -0.2) is 5.01 Å². The largest absolute Gasteiger partial charge is 0.368 e. The molecule has 0 saturated carbocycles. The van der Waals surface area contributed by atoms with Crippen molar-refractivity contribution in [1.29, 1.82) is 5.26 Å². The van der Waals surface area contributed by atoms with E-state index in [1.807, 2.05) is 0 Å². The number of aliphatic hydroxyl groups excluding tert-OH is 1. The maximum atomic E-state index is 11.8. The molecule has 1 aliphatic rings. The Kier molecular flexibility index (Phi) is 3.11. The van der Waals surface area contributed by atoms with Gasteiger partial charge in [-0.3, -0.25) is 14.6 Å². The number of rotatable bonds is 2. The van der Waals surface area contributed by atoms with Gasteiger partial charge in [-0.2, -0.15) is 5.26 Å². The first-order valence-corrected chi connectivity index (χ1v) is 4.45. The molecule has 1 rings (SSSR count). The van der Waals surface area contributed by atoms with Gasteiger partial charge in [0.2, 0.25) is 6.41 Å². The lowest BCUT2D eigenvalue weighted by Gasteiger charge is -2.37. The maximum Gasteiger partial charge on any atom is 0.286 e. The summed E-state index contributed by atoms with van der Waals surface area (Å²) in [5.74, 6) is -0.713. The zero-order chi connectivity index (χ0) is 12.5. The van der Waals surface area contributed by atoms with E-state index in [-0.39, 0.29) is 11.1 Å². The van der Waals surface area contributed by atoms with Crippen LogP contribution in [0, 0.1) is 11.3 Å². The second-order valence-corrected chi connectivity index (χ2v) is 3.34. The molecule has 0 saturated heterocycles. The molecule has 0 aromatic heterocycles. The van der Waals surface area contributed by atoms with Gasteiger partial charge in [0.05, 0.1) is 0 Å². The predicted octanol–water partition coefficient (Wildman–Crippen LogP) is -0.454. The summed E-state index contributed by atoms with van der Waals surface area (Å²) in [7, 11) is 1.30. The van der Waals surface area contributed by atoms with E-state index in [1.54, 1.807) is 6.07 Å². The van der Waals surface area contributed by atoms with Gasteiger partial charge >= 0.3 is 0 Å². The third kappa shape index (κ3) is 1.57. The SMILES string of the molecule is C=C1C(C)=C(C#N)C(=O)N(N(C)C=O)C1O. The molecule has 0 aromatic carbocycles. The van der Waals surface area contributed by atoms with Crippen molar-refractivity contribution < 1.29 is 14.7 Å². The predicted molar refractivity (Wildman–Crippen MR) is 54.1 cm³/mol. The monoisotopic (exact) mass is 221 g/mol. The lowest BCUT2D eigenvalue weighted by Crippen LogP contribution is -2.53. The molecule has 6 heteroatoms. The van der Waals surface area contributed by atoms with Crippen molar-refractivity contribution in [2.24, 2.45) is 0 Å². The van der Waals surface area contributed by atoms with E-state index in [4.69, 9.17) is 5.26 Å². The van der Waals surface area contributed by atoms with Gasteiger partial charge in [-0.1, -0.05) is 6.58 Å². The molecule has 0 spiro atoms. The Morgan fingerprint density at radius 2 is 2.25 bits per heavy atom. The standard InChI is InChI=1S/C10H11N3O3/c1-6-7(2)9(15)13(12(3)5-14)10(16)8(6)4-11/h5,9,15H,2H2,1,3H3. The van der Waals surface area contributed by atoms with Crippen molar-refractivity contribution in [2.45, 2.75) is 13.2 Å². The molecule has 0 radical (unpaired) electrons. The van der Waals surface area contributed by atoms with E-state index in [9.17, 15) is 14.7 Å². The van der Waals surface area contributed by atoms with Gasteiger partial charge in [0, 0.05) is 12.6 Å². The van der Waals surface area contributed by atoms with Crippen LogP contribution in [0.4, 0.5) is 0 Å². The number of carbonyl (C=O) groups is 2. The average molecular weight is 221 g/mol. The highest BCUT2D eigenvalue weighted by atomic mass is 16.3. The molecule has 0 fully saturated rings. The number of carbonyl (C=O) groups excluding carboxylic acids is 2. The number of hydrazine groups is 1. The van der Waals surface area contributed by atoms with E-state index < -0.39 is 12.1 Å². The molecular weight excluding hydrogens is 210 g/mol. The minimum absolute atomic E-state index is 0.121. The summed E-state index contributed by atoms with van der Waals surface area (Å²) in [4.78, 5) is 22.3. The lowest BCUT2D eigenvalue weighted by molar-refractivity contribution is -0.167. The summed E-state index contributed by atoms with van der Waals surface area (Å²) < 4.78 is 0. The Balaban J connectivity index is 3.29. The summed E-state index contributed by atoms with van der Waals surface area (Å²) in [6.45, 7) is 5.11. The van der Waals surface area contributed by atoms with Crippen molar-refractivity contribution in [1.82, 2.24) is 10.0 Å². The number of nitrogens with zero attached hydrogens (tertiary/aromatic N) is 3. The topological polar surface area (TPSA) is 84.6 Å². The van der Waals surface area contributed by atoms with Crippen molar-refractivity contribution in [3.8, 4) is 6.07 Å². The zero-order valence-electron chi connectivity index (χ0n) is 8.97. The number of nitriles is 1. The molecule has 1 unspecified atom stereocenters. The Morgan fingerprint density at radius 1 is 1.69 bits per heavy atom. The van der Waals surface area contributed by atoms with E-state index >= 15 is 0 Å². The summed E-state index contributed by atoms with van der Waals surface area (Å²) in [6.07, 6.45) is -0.955. The second-order valence-electron chi connectivity index (χ2n) is 3.34. The van der Waals surface area contributed by atoms with Crippen LogP contribution in [0.1, 0.15) is 6.92 Å². The van der Waals surface area contributed by atoms with Crippen molar-refractivity contribution in [3.05, 3.63) is 23.3 Å². The summed E-state index contributed by atoms with van der Waals surface area (Å²) in [5, 5.41) is 20.2. The van der Waals surface area contributed by atoms with Crippen molar-refractivity contribution >= 4 is 12.3 Å². The van der Waals surface area contributed by atoms with E-state index in [2.05, 4.69) is 6.58 Å². The second kappa shape index (κ2) is 4.16. The van der Waals surface area contributed by atoms with Crippen LogP contribution < -0.4 is 0 Å². The van der Waals surface area contributed by atoms with Crippen LogP contribution >= 0.6 is 0 Å².